The van der Waals surface area contributed by atoms with Crippen molar-refractivity contribution in [2.45, 2.75) is 0 Å². The molecule has 0 amide bonds. The Kier molecular flexibility index (Phi) is 3.95. The molecule has 0 spiro atoms. The number of fused-ring (bicyclic) bond motifs is 1. The van der Waals surface area contributed by atoms with Gasteiger partial charge in [-0.15, -0.1) is 11.3 Å². The minimum Gasteiger partial charge on any atom is -0.264 e. The quantitative estimate of drug-likeness (QED) is 0.450. The van der Waals surface area contributed by atoms with E-state index in [1.54, 1.807) is 36.3 Å². The van der Waals surface area contributed by atoms with Crippen molar-refractivity contribution in [3.05, 3.63) is 72.8 Å². The van der Waals surface area contributed by atoms with Crippen molar-refractivity contribution in [1.29, 1.82) is 0 Å². The largest absolute Gasteiger partial charge is 0.264 e. The molecule has 5 nitrogen and oxygen atoms in total. The number of hydrazone groups is 1. The van der Waals surface area contributed by atoms with Crippen molar-refractivity contribution in [2.75, 3.05) is 5.43 Å². The van der Waals surface area contributed by atoms with Crippen molar-refractivity contribution in [3.8, 4) is 10.4 Å². The number of hydrogen-bond donors (Lipinski definition) is 1. The van der Waals surface area contributed by atoms with Gasteiger partial charge in [-0.1, -0.05) is 36.4 Å². The number of nitrogens with one attached hydrogen (secondary N) is 1. The molecular formula is C18H13N5S. The van der Waals surface area contributed by atoms with E-state index in [0.717, 1.165) is 20.7 Å². The Morgan fingerprint density at radius 1 is 1.04 bits per heavy atom. The van der Waals surface area contributed by atoms with E-state index in [-0.39, 0.29) is 0 Å². The molecule has 4 rings (SSSR count). The zero-order valence-corrected chi connectivity index (χ0v) is 13.4. The van der Waals surface area contributed by atoms with Gasteiger partial charge in [0.1, 0.15) is 6.33 Å². The summed E-state index contributed by atoms with van der Waals surface area (Å²) < 4.78 is 0.986. The van der Waals surface area contributed by atoms with Crippen LogP contribution in [0.25, 0.3) is 20.7 Å². The van der Waals surface area contributed by atoms with Crippen LogP contribution in [-0.4, -0.2) is 21.2 Å². The number of rotatable bonds is 4. The van der Waals surface area contributed by atoms with Gasteiger partial charge in [0.25, 0.3) is 0 Å². The smallest absolute Gasteiger partial charge is 0.167 e. The van der Waals surface area contributed by atoms with Crippen LogP contribution in [0.2, 0.25) is 0 Å². The highest BCUT2D eigenvalue weighted by atomic mass is 32.1. The van der Waals surface area contributed by atoms with Crippen LogP contribution >= 0.6 is 11.3 Å². The van der Waals surface area contributed by atoms with Crippen LogP contribution in [0.4, 0.5) is 5.82 Å². The summed E-state index contributed by atoms with van der Waals surface area (Å²) in [5, 5.41) is 4.25. The predicted octanol–water partition coefficient (Wildman–Crippen LogP) is 4.20. The molecule has 0 unspecified atom stereocenters. The van der Waals surface area contributed by atoms with E-state index in [0.29, 0.717) is 5.82 Å². The summed E-state index contributed by atoms with van der Waals surface area (Å²) in [7, 11) is 0. The van der Waals surface area contributed by atoms with Gasteiger partial charge in [-0.25, -0.2) is 9.97 Å². The van der Waals surface area contributed by atoms with Gasteiger partial charge >= 0.3 is 0 Å². The maximum atomic E-state index is 4.35. The second kappa shape index (κ2) is 6.55. The first-order valence-corrected chi connectivity index (χ1v) is 8.21. The average Bonchev–Trinajstić information content (AvgIpc) is 3.09. The van der Waals surface area contributed by atoms with Gasteiger partial charge in [-0.3, -0.25) is 10.4 Å². The van der Waals surface area contributed by atoms with E-state index in [4.69, 9.17) is 0 Å². The molecule has 4 aromatic rings. The van der Waals surface area contributed by atoms with Crippen molar-refractivity contribution in [1.82, 2.24) is 15.0 Å². The Balaban J connectivity index is 1.64. The van der Waals surface area contributed by atoms with Crippen molar-refractivity contribution in [3.63, 3.8) is 0 Å². The zero-order chi connectivity index (χ0) is 16.2. The molecule has 1 N–H and O–H groups in total. The van der Waals surface area contributed by atoms with E-state index < -0.39 is 0 Å². The maximum absolute atomic E-state index is 4.35. The van der Waals surface area contributed by atoms with Crippen LogP contribution in [-0.2, 0) is 0 Å². The van der Waals surface area contributed by atoms with E-state index in [1.165, 1.54) is 5.56 Å². The molecule has 0 radical (unpaired) electrons. The number of aromatic nitrogens is 3. The molecule has 24 heavy (non-hydrogen) atoms. The molecule has 0 saturated carbocycles. The number of nitrogens with zero attached hydrogens (tertiary/aromatic N) is 4. The van der Waals surface area contributed by atoms with Crippen molar-refractivity contribution >= 4 is 33.6 Å². The van der Waals surface area contributed by atoms with E-state index in [1.807, 2.05) is 30.3 Å². The second-order valence-corrected chi connectivity index (χ2v) is 6.12. The molecule has 0 aliphatic carbocycles. The fourth-order valence-corrected chi connectivity index (χ4v) is 3.35. The molecular weight excluding hydrogens is 318 g/mol. The number of pyridine rings is 1. The van der Waals surface area contributed by atoms with Gasteiger partial charge in [-0.05, 0) is 17.7 Å². The molecule has 6 heteroatoms. The number of hydrogen-bond acceptors (Lipinski definition) is 6. The Hall–Kier alpha value is -3.12. The summed E-state index contributed by atoms with van der Waals surface area (Å²) in [4.78, 5) is 13.9. The van der Waals surface area contributed by atoms with Crippen LogP contribution in [0.15, 0.2) is 72.4 Å². The average molecular weight is 331 g/mol. The summed E-state index contributed by atoms with van der Waals surface area (Å²) in [5.41, 5.74) is 6.01. The van der Waals surface area contributed by atoms with Crippen LogP contribution < -0.4 is 5.43 Å². The lowest BCUT2D eigenvalue weighted by Gasteiger charge is -1.99. The van der Waals surface area contributed by atoms with Crippen LogP contribution in [0.3, 0.4) is 0 Å². The molecule has 0 aliphatic rings. The fourth-order valence-electron chi connectivity index (χ4n) is 2.30. The lowest BCUT2D eigenvalue weighted by molar-refractivity contribution is 1.19. The third-order valence-electron chi connectivity index (χ3n) is 3.44. The maximum Gasteiger partial charge on any atom is 0.167 e. The minimum absolute atomic E-state index is 0.701. The first-order valence-electron chi connectivity index (χ1n) is 7.39. The number of anilines is 1. The van der Waals surface area contributed by atoms with Gasteiger partial charge < -0.3 is 0 Å². The molecule has 3 heterocycles. The zero-order valence-electron chi connectivity index (χ0n) is 12.6. The van der Waals surface area contributed by atoms with Crippen molar-refractivity contribution < 1.29 is 0 Å². The number of benzene rings is 1. The summed E-state index contributed by atoms with van der Waals surface area (Å²) >= 11 is 1.65. The Morgan fingerprint density at radius 2 is 1.96 bits per heavy atom. The summed E-state index contributed by atoms with van der Waals surface area (Å²) in [6, 6.07) is 16.1. The summed E-state index contributed by atoms with van der Waals surface area (Å²) in [6.07, 6.45) is 6.74. The lowest BCUT2D eigenvalue weighted by Crippen LogP contribution is -1.94. The van der Waals surface area contributed by atoms with Crippen LogP contribution in [0.5, 0.6) is 0 Å². The molecule has 0 fully saturated rings. The van der Waals surface area contributed by atoms with Gasteiger partial charge in [0.15, 0.2) is 5.82 Å². The minimum atomic E-state index is 0.701. The molecule has 3 aromatic heterocycles. The SMILES string of the molecule is C(=NNc1ncnc2cc(-c3ccccc3)sc12)c1cccnc1. The number of thiophene rings is 1. The Labute approximate surface area is 142 Å². The standard InChI is InChI=1S/C18H13N5S/c1-2-6-14(7-3-1)16-9-15-17(24-16)18(21-12-20-15)23-22-11-13-5-4-8-19-10-13/h1-12H,(H,20,21,23). The third kappa shape index (κ3) is 3.00. The van der Waals surface area contributed by atoms with E-state index >= 15 is 0 Å². The monoisotopic (exact) mass is 331 g/mol. The van der Waals surface area contributed by atoms with Gasteiger partial charge in [0.05, 0.1) is 16.4 Å². The molecule has 0 aliphatic heterocycles. The normalized spacial score (nSPS) is 11.2. The highest BCUT2D eigenvalue weighted by Crippen LogP contribution is 2.35. The highest BCUT2D eigenvalue weighted by Gasteiger charge is 2.09. The predicted molar refractivity (Wildman–Crippen MR) is 98.3 cm³/mol. The lowest BCUT2D eigenvalue weighted by atomic mass is 10.2. The second-order valence-electron chi connectivity index (χ2n) is 5.07. The van der Waals surface area contributed by atoms with Gasteiger partial charge in [0, 0.05) is 22.8 Å². The molecule has 0 atom stereocenters. The van der Waals surface area contributed by atoms with E-state index in [9.17, 15) is 0 Å². The first kappa shape index (κ1) is 14.5. The first-order chi connectivity index (χ1) is 11.9. The molecule has 116 valence electrons. The van der Waals surface area contributed by atoms with Gasteiger partial charge in [0.2, 0.25) is 0 Å². The highest BCUT2D eigenvalue weighted by molar-refractivity contribution is 7.22. The third-order valence-corrected chi connectivity index (χ3v) is 4.62. The fraction of sp³-hybridized carbons (Fsp3) is 0. The van der Waals surface area contributed by atoms with E-state index in [2.05, 4.69) is 43.7 Å². The molecule has 0 saturated heterocycles. The molecule has 1 aromatic carbocycles. The molecule has 0 bridgehead atoms. The van der Waals surface area contributed by atoms with Gasteiger partial charge in [-0.2, -0.15) is 5.10 Å². The van der Waals surface area contributed by atoms with Crippen LogP contribution in [0, 0.1) is 0 Å². The van der Waals surface area contributed by atoms with Crippen LogP contribution in [0.1, 0.15) is 5.56 Å². The van der Waals surface area contributed by atoms with Crippen molar-refractivity contribution in [2.24, 2.45) is 5.10 Å². The summed E-state index contributed by atoms with van der Waals surface area (Å²) in [5.74, 6) is 0.701. The Morgan fingerprint density at radius 3 is 2.79 bits per heavy atom. The topological polar surface area (TPSA) is 63.1 Å². The summed E-state index contributed by atoms with van der Waals surface area (Å²) in [6.45, 7) is 0. The Bertz CT molecular complexity index is 980.